The molecule has 1 aromatic rings. The third kappa shape index (κ3) is 4.07. The molecule has 0 radical (unpaired) electrons. The molecule has 4 aliphatic carbocycles. The van der Waals surface area contributed by atoms with Crippen LogP contribution in [0, 0.1) is 28.6 Å². The Morgan fingerprint density at radius 3 is 2.66 bits per heavy atom. The SMILES string of the molecule is COCC(=O)N(Cc1cccnc1)C(C)[C@H]1CC[C@@]2(O)C3=CC(=O)[C@@H]4C[C@@H](O)[C@@H](O)C[C@]4(C)C3CC[C@]12C. The van der Waals surface area contributed by atoms with Gasteiger partial charge >= 0.3 is 0 Å². The van der Waals surface area contributed by atoms with Gasteiger partial charge in [-0.25, -0.2) is 0 Å². The number of carbonyl (C=O) groups excluding carboxylic acids is 2. The summed E-state index contributed by atoms with van der Waals surface area (Å²) in [6.07, 6.45) is 6.82. The van der Waals surface area contributed by atoms with Crippen LogP contribution in [0.1, 0.15) is 64.9 Å². The van der Waals surface area contributed by atoms with Crippen molar-refractivity contribution in [2.24, 2.45) is 28.6 Å². The second kappa shape index (κ2) is 9.81. The van der Waals surface area contributed by atoms with Crippen molar-refractivity contribution in [3.05, 3.63) is 41.7 Å². The molecule has 1 heterocycles. The van der Waals surface area contributed by atoms with Gasteiger partial charge in [0.25, 0.3) is 0 Å². The molecule has 3 N–H and O–H groups in total. The van der Waals surface area contributed by atoms with Crippen molar-refractivity contribution >= 4 is 11.7 Å². The first kappa shape index (κ1) is 27.4. The second-order valence-corrected chi connectivity index (χ2v) is 12.7. The van der Waals surface area contributed by atoms with Gasteiger partial charge in [-0.1, -0.05) is 19.9 Å². The van der Waals surface area contributed by atoms with Crippen LogP contribution in [0.25, 0.3) is 0 Å². The van der Waals surface area contributed by atoms with Crippen molar-refractivity contribution in [2.45, 2.75) is 89.7 Å². The lowest BCUT2D eigenvalue weighted by atomic mass is 9.46. The minimum Gasteiger partial charge on any atom is -0.390 e. The second-order valence-electron chi connectivity index (χ2n) is 12.7. The zero-order valence-corrected chi connectivity index (χ0v) is 23.0. The highest BCUT2D eigenvalue weighted by molar-refractivity contribution is 5.95. The average molecular weight is 527 g/mol. The first-order valence-corrected chi connectivity index (χ1v) is 14.0. The molecule has 2 unspecified atom stereocenters. The molecule has 5 rings (SSSR count). The van der Waals surface area contributed by atoms with E-state index in [4.69, 9.17) is 4.74 Å². The summed E-state index contributed by atoms with van der Waals surface area (Å²) in [5.41, 5.74) is -0.449. The maximum absolute atomic E-state index is 13.4. The van der Waals surface area contributed by atoms with Crippen molar-refractivity contribution in [3.63, 3.8) is 0 Å². The van der Waals surface area contributed by atoms with Gasteiger partial charge in [-0.2, -0.15) is 0 Å². The van der Waals surface area contributed by atoms with E-state index >= 15 is 0 Å². The quantitative estimate of drug-likeness (QED) is 0.521. The van der Waals surface area contributed by atoms with E-state index in [9.17, 15) is 24.9 Å². The zero-order chi connectivity index (χ0) is 27.5. The molecule has 3 saturated carbocycles. The van der Waals surface area contributed by atoms with E-state index in [1.54, 1.807) is 18.5 Å². The Labute approximate surface area is 225 Å². The van der Waals surface area contributed by atoms with Gasteiger partial charge in [-0.05, 0) is 86.0 Å². The molecule has 3 fully saturated rings. The van der Waals surface area contributed by atoms with E-state index in [2.05, 4.69) is 25.8 Å². The Bertz CT molecular complexity index is 1110. The topological polar surface area (TPSA) is 120 Å². The van der Waals surface area contributed by atoms with Crippen LogP contribution in [0.4, 0.5) is 0 Å². The summed E-state index contributed by atoms with van der Waals surface area (Å²) in [7, 11) is 1.52. The van der Waals surface area contributed by atoms with Crippen LogP contribution in [0.3, 0.4) is 0 Å². The van der Waals surface area contributed by atoms with Crippen LogP contribution in [-0.2, 0) is 20.9 Å². The number of methoxy groups -OCH3 is 1. The van der Waals surface area contributed by atoms with Gasteiger partial charge in [0.2, 0.25) is 5.91 Å². The summed E-state index contributed by atoms with van der Waals surface area (Å²) in [5.74, 6) is -0.506. The molecule has 8 heteroatoms. The van der Waals surface area contributed by atoms with Crippen molar-refractivity contribution in [2.75, 3.05) is 13.7 Å². The van der Waals surface area contributed by atoms with Gasteiger partial charge in [-0.3, -0.25) is 14.6 Å². The number of aliphatic hydroxyl groups excluding tert-OH is 2. The number of allylic oxidation sites excluding steroid dienone is 1. The number of aliphatic hydroxyl groups is 3. The molecule has 0 saturated heterocycles. The lowest BCUT2D eigenvalue weighted by Gasteiger charge is -2.60. The number of amides is 1. The minimum absolute atomic E-state index is 0.0197. The summed E-state index contributed by atoms with van der Waals surface area (Å²) >= 11 is 0. The fourth-order valence-corrected chi connectivity index (χ4v) is 8.76. The van der Waals surface area contributed by atoms with Gasteiger partial charge in [0.1, 0.15) is 6.61 Å². The number of aromatic nitrogens is 1. The van der Waals surface area contributed by atoms with E-state index in [-0.39, 0.29) is 48.5 Å². The first-order valence-electron chi connectivity index (χ1n) is 14.0. The molecular formula is C30H42N2O6. The van der Waals surface area contributed by atoms with Crippen LogP contribution in [0.15, 0.2) is 36.2 Å². The number of ether oxygens (including phenoxy) is 1. The lowest BCUT2D eigenvalue weighted by molar-refractivity contribution is -0.155. The molecule has 0 aromatic carbocycles. The maximum Gasteiger partial charge on any atom is 0.249 e. The Hall–Kier alpha value is -2.13. The maximum atomic E-state index is 13.4. The first-order chi connectivity index (χ1) is 18.0. The van der Waals surface area contributed by atoms with E-state index in [1.807, 2.05) is 17.0 Å². The Balaban J connectivity index is 1.47. The van der Waals surface area contributed by atoms with E-state index in [1.165, 1.54) is 7.11 Å². The van der Waals surface area contributed by atoms with Gasteiger partial charge in [0.15, 0.2) is 5.78 Å². The molecule has 9 atom stereocenters. The monoisotopic (exact) mass is 526 g/mol. The number of nitrogens with zero attached hydrogens (tertiary/aromatic N) is 2. The smallest absolute Gasteiger partial charge is 0.249 e. The molecule has 0 spiro atoms. The number of fused-ring (bicyclic) bond motifs is 5. The number of pyridine rings is 1. The lowest BCUT2D eigenvalue weighted by Crippen LogP contribution is -2.61. The summed E-state index contributed by atoms with van der Waals surface area (Å²) in [5, 5.41) is 33.3. The Morgan fingerprint density at radius 1 is 1.21 bits per heavy atom. The van der Waals surface area contributed by atoms with Gasteiger partial charge in [0.05, 0.1) is 17.8 Å². The van der Waals surface area contributed by atoms with E-state index in [0.29, 0.717) is 19.4 Å². The Morgan fingerprint density at radius 2 is 1.97 bits per heavy atom. The molecule has 0 bridgehead atoms. The van der Waals surface area contributed by atoms with Crippen molar-refractivity contribution in [1.82, 2.24) is 9.88 Å². The van der Waals surface area contributed by atoms with Crippen molar-refractivity contribution in [3.8, 4) is 0 Å². The highest BCUT2D eigenvalue weighted by Gasteiger charge is 2.67. The minimum atomic E-state index is -1.16. The fourth-order valence-electron chi connectivity index (χ4n) is 8.76. The third-order valence-electron chi connectivity index (χ3n) is 10.9. The molecule has 4 aliphatic rings. The van der Waals surface area contributed by atoms with Crippen LogP contribution >= 0.6 is 0 Å². The molecule has 8 nitrogen and oxygen atoms in total. The standard InChI is InChI=1S/C30H42N2O6/c1-18(32(27(36)17-38-4)16-19-6-5-11-31-15-19)20-8-10-30(37)22-12-24(33)23-13-25(34)26(35)14-28(23,2)21(22)7-9-29(20,30)3/h5-6,11-12,15,18,20-21,23,25-26,34-35,37H,7-10,13-14,16-17H2,1-4H3/t18?,20-,21?,23+,25-,26+,28-,29-,30-/m1/s1. The van der Waals surface area contributed by atoms with Crippen LogP contribution < -0.4 is 0 Å². The van der Waals surface area contributed by atoms with Crippen LogP contribution in [0.5, 0.6) is 0 Å². The number of hydrogen-bond donors (Lipinski definition) is 3. The molecule has 0 aliphatic heterocycles. The van der Waals surface area contributed by atoms with Crippen molar-refractivity contribution < 1.29 is 29.6 Å². The number of carbonyl (C=O) groups is 2. The van der Waals surface area contributed by atoms with E-state index in [0.717, 1.165) is 30.4 Å². The number of ketones is 1. The normalized spacial score (nSPS) is 41.0. The number of hydrogen-bond acceptors (Lipinski definition) is 7. The molecule has 1 amide bonds. The molecule has 208 valence electrons. The number of rotatable bonds is 6. The summed E-state index contributed by atoms with van der Waals surface area (Å²) in [6, 6.07) is 3.65. The summed E-state index contributed by atoms with van der Waals surface area (Å²) in [6.45, 7) is 6.64. The molecule has 38 heavy (non-hydrogen) atoms. The summed E-state index contributed by atoms with van der Waals surface area (Å²) < 4.78 is 5.21. The highest BCUT2D eigenvalue weighted by Crippen LogP contribution is 2.67. The predicted octanol–water partition coefficient (Wildman–Crippen LogP) is 2.65. The third-order valence-corrected chi connectivity index (χ3v) is 10.9. The summed E-state index contributed by atoms with van der Waals surface area (Å²) in [4.78, 5) is 32.7. The Kier molecular flexibility index (Phi) is 7.08. The largest absolute Gasteiger partial charge is 0.390 e. The molecule has 1 aromatic heterocycles. The van der Waals surface area contributed by atoms with E-state index < -0.39 is 28.6 Å². The van der Waals surface area contributed by atoms with Crippen LogP contribution in [0.2, 0.25) is 0 Å². The predicted molar refractivity (Wildman–Crippen MR) is 141 cm³/mol. The van der Waals surface area contributed by atoms with Gasteiger partial charge in [0, 0.05) is 43.4 Å². The fraction of sp³-hybridized carbons (Fsp3) is 0.700. The average Bonchev–Trinajstić information content (AvgIpc) is 3.16. The van der Waals surface area contributed by atoms with Gasteiger partial charge in [-0.15, -0.1) is 0 Å². The molecular weight excluding hydrogens is 484 g/mol. The zero-order valence-electron chi connectivity index (χ0n) is 23.0. The van der Waals surface area contributed by atoms with Gasteiger partial charge < -0.3 is 25.0 Å². The highest BCUT2D eigenvalue weighted by atomic mass is 16.5. The van der Waals surface area contributed by atoms with Crippen LogP contribution in [-0.4, -0.2) is 74.5 Å². The van der Waals surface area contributed by atoms with Crippen molar-refractivity contribution in [1.29, 1.82) is 0 Å².